The van der Waals surface area contributed by atoms with Crippen LogP contribution in [0.3, 0.4) is 0 Å². The van der Waals surface area contributed by atoms with Gasteiger partial charge in [0.05, 0.1) is 0 Å². The van der Waals surface area contributed by atoms with Crippen molar-refractivity contribution in [3.8, 4) is 0 Å². The number of furan rings is 1. The van der Waals surface area contributed by atoms with E-state index in [4.69, 9.17) is 4.42 Å². The average molecular weight is 445 g/mol. The number of fused-ring (bicyclic) bond motifs is 3. The summed E-state index contributed by atoms with van der Waals surface area (Å²) in [5, 5.41) is 5.23. The Morgan fingerprint density at radius 2 is 1.52 bits per heavy atom. The minimum Gasteiger partial charge on any atom is -0.456 e. The normalized spacial score (nSPS) is 10.7. The van der Waals surface area contributed by atoms with Gasteiger partial charge in [-0.15, -0.1) is 0 Å². The third-order valence-electron chi connectivity index (χ3n) is 5.82. The first-order valence-corrected chi connectivity index (χ1v) is 11.8. The van der Waals surface area contributed by atoms with Crippen molar-refractivity contribution in [3.63, 3.8) is 0 Å². The number of carbonyl (C=O) groups is 1. The number of rotatable bonds is 5. The number of amides is 2. The van der Waals surface area contributed by atoms with Crippen LogP contribution in [-0.2, 0) is 6.54 Å². The zero-order chi connectivity index (χ0) is 24.0. The van der Waals surface area contributed by atoms with Crippen molar-refractivity contribution in [2.24, 2.45) is 0 Å². The molecule has 0 bridgehead atoms. The Balaban J connectivity index is 0.000000555. The molecule has 2 amide bonds. The monoisotopic (exact) mass is 444 g/mol. The molecule has 4 nitrogen and oxygen atoms in total. The van der Waals surface area contributed by atoms with Crippen molar-refractivity contribution in [1.29, 1.82) is 0 Å². The smallest absolute Gasteiger partial charge is 0.321 e. The van der Waals surface area contributed by atoms with E-state index in [1.54, 1.807) is 4.90 Å². The standard InChI is InChI=1S/C24H24N2O2.C5H12/c1-15-11-16(2)23(17(3)12-15)25-24(27)26(4)14-18-9-10-22-20(13-18)19-7-5-6-8-21(19)28-22;1-3-5-4-2/h5-13H,14H2,1-4H3,(H,25,27);3-5H2,1-2H3. The second kappa shape index (κ2) is 11.0. The van der Waals surface area contributed by atoms with Crippen molar-refractivity contribution in [1.82, 2.24) is 4.90 Å². The fourth-order valence-corrected chi connectivity index (χ4v) is 4.15. The number of carbonyl (C=O) groups excluding carboxylic acids is 1. The van der Waals surface area contributed by atoms with Gasteiger partial charge in [-0.1, -0.05) is 75.1 Å². The minimum absolute atomic E-state index is 0.118. The minimum atomic E-state index is -0.118. The van der Waals surface area contributed by atoms with Gasteiger partial charge in [-0.2, -0.15) is 0 Å². The largest absolute Gasteiger partial charge is 0.456 e. The van der Waals surface area contributed by atoms with Gasteiger partial charge in [-0.25, -0.2) is 4.79 Å². The van der Waals surface area contributed by atoms with Gasteiger partial charge < -0.3 is 14.6 Å². The Labute approximate surface area is 197 Å². The fraction of sp³-hybridized carbons (Fsp3) is 0.345. The van der Waals surface area contributed by atoms with Crippen molar-refractivity contribution in [3.05, 3.63) is 76.9 Å². The van der Waals surface area contributed by atoms with E-state index in [-0.39, 0.29) is 6.03 Å². The Morgan fingerprint density at radius 1 is 0.879 bits per heavy atom. The molecule has 1 aromatic heterocycles. The van der Waals surface area contributed by atoms with Crippen LogP contribution in [-0.4, -0.2) is 18.0 Å². The zero-order valence-electron chi connectivity index (χ0n) is 20.8. The summed E-state index contributed by atoms with van der Waals surface area (Å²) in [7, 11) is 1.81. The molecule has 0 saturated carbocycles. The summed E-state index contributed by atoms with van der Waals surface area (Å²) >= 11 is 0. The third kappa shape index (κ3) is 5.95. The van der Waals surface area contributed by atoms with Crippen LogP contribution in [0.15, 0.2) is 59.0 Å². The van der Waals surface area contributed by atoms with Gasteiger partial charge in [0.1, 0.15) is 11.2 Å². The quantitative estimate of drug-likeness (QED) is 0.336. The first-order valence-electron chi connectivity index (χ1n) is 11.8. The Morgan fingerprint density at radius 3 is 2.15 bits per heavy atom. The maximum atomic E-state index is 12.7. The molecular weight excluding hydrogens is 408 g/mol. The second-order valence-electron chi connectivity index (χ2n) is 8.84. The summed E-state index contributed by atoms with van der Waals surface area (Å²) in [6, 6.07) is 18.2. The molecule has 3 aromatic carbocycles. The molecule has 0 atom stereocenters. The summed E-state index contributed by atoms with van der Waals surface area (Å²) in [5.74, 6) is 0. The van der Waals surface area contributed by atoms with Crippen LogP contribution >= 0.6 is 0 Å². The number of nitrogens with zero attached hydrogens (tertiary/aromatic N) is 1. The lowest BCUT2D eigenvalue weighted by molar-refractivity contribution is 0.220. The Hall–Kier alpha value is -3.27. The van der Waals surface area contributed by atoms with E-state index in [9.17, 15) is 4.79 Å². The molecule has 0 aliphatic rings. The van der Waals surface area contributed by atoms with Crippen molar-refractivity contribution in [2.75, 3.05) is 12.4 Å². The van der Waals surface area contributed by atoms with Crippen molar-refractivity contribution >= 4 is 33.7 Å². The molecule has 33 heavy (non-hydrogen) atoms. The summed E-state index contributed by atoms with van der Waals surface area (Å²) in [6.07, 6.45) is 4.08. The lowest BCUT2D eigenvalue weighted by atomic mass is 10.1. The molecule has 0 aliphatic carbocycles. The maximum Gasteiger partial charge on any atom is 0.321 e. The molecule has 0 aliphatic heterocycles. The van der Waals surface area contributed by atoms with Gasteiger partial charge in [0.2, 0.25) is 0 Å². The molecule has 0 fully saturated rings. The van der Waals surface area contributed by atoms with Crippen LogP contribution in [0, 0.1) is 20.8 Å². The van der Waals surface area contributed by atoms with E-state index in [1.165, 1.54) is 24.8 Å². The third-order valence-corrected chi connectivity index (χ3v) is 5.82. The molecule has 0 spiro atoms. The lowest BCUT2D eigenvalue weighted by Crippen LogP contribution is -2.31. The van der Waals surface area contributed by atoms with E-state index in [0.717, 1.165) is 44.3 Å². The molecule has 174 valence electrons. The van der Waals surface area contributed by atoms with Crippen LogP contribution < -0.4 is 5.32 Å². The molecule has 1 heterocycles. The number of benzene rings is 3. The molecule has 0 radical (unpaired) electrons. The van der Waals surface area contributed by atoms with Crippen molar-refractivity contribution in [2.45, 2.75) is 60.4 Å². The van der Waals surface area contributed by atoms with Crippen LogP contribution in [0.1, 0.15) is 55.4 Å². The predicted octanol–water partition coefficient (Wildman–Crippen LogP) is 8.37. The fourth-order valence-electron chi connectivity index (χ4n) is 4.15. The summed E-state index contributed by atoms with van der Waals surface area (Å²) in [4.78, 5) is 14.4. The van der Waals surface area contributed by atoms with E-state index in [0.29, 0.717) is 6.54 Å². The Bertz CT molecular complexity index is 1210. The highest BCUT2D eigenvalue weighted by atomic mass is 16.3. The van der Waals surface area contributed by atoms with E-state index >= 15 is 0 Å². The van der Waals surface area contributed by atoms with E-state index < -0.39 is 0 Å². The number of nitrogens with one attached hydrogen (secondary N) is 1. The SMILES string of the molecule is CCCCC.Cc1cc(C)c(NC(=O)N(C)Cc2ccc3oc4ccccc4c3c2)c(C)c1. The van der Waals surface area contributed by atoms with Gasteiger partial charge in [0, 0.05) is 30.1 Å². The van der Waals surface area contributed by atoms with Gasteiger partial charge in [0.25, 0.3) is 0 Å². The van der Waals surface area contributed by atoms with Gasteiger partial charge in [0.15, 0.2) is 0 Å². The first kappa shape index (κ1) is 24.4. The average Bonchev–Trinajstić information content (AvgIpc) is 3.15. The summed E-state index contributed by atoms with van der Waals surface area (Å²) in [6.45, 7) is 11.0. The highest BCUT2D eigenvalue weighted by Crippen LogP contribution is 2.29. The van der Waals surface area contributed by atoms with Crippen molar-refractivity contribution < 1.29 is 9.21 Å². The highest BCUT2D eigenvalue weighted by Gasteiger charge is 2.14. The molecule has 0 saturated heterocycles. The maximum absolute atomic E-state index is 12.7. The Kier molecular flexibility index (Phi) is 8.16. The van der Waals surface area contributed by atoms with Gasteiger partial charge >= 0.3 is 6.03 Å². The topological polar surface area (TPSA) is 45.5 Å². The second-order valence-corrected chi connectivity index (χ2v) is 8.84. The number of aryl methyl sites for hydroxylation is 3. The predicted molar refractivity (Wildman–Crippen MR) is 140 cm³/mol. The number of unbranched alkanes of at least 4 members (excludes halogenated alkanes) is 2. The highest BCUT2D eigenvalue weighted by molar-refractivity contribution is 6.05. The molecule has 4 rings (SSSR count). The number of anilines is 1. The lowest BCUT2D eigenvalue weighted by Gasteiger charge is -2.20. The van der Waals surface area contributed by atoms with Crippen LogP contribution in [0.25, 0.3) is 21.9 Å². The summed E-state index contributed by atoms with van der Waals surface area (Å²) in [5.41, 5.74) is 7.04. The number of urea groups is 1. The number of hydrogen-bond acceptors (Lipinski definition) is 2. The van der Waals surface area contributed by atoms with Crippen LogP contribution in [0.4, 0.5) is 10.5 Å². The number of para-hydroxylation sites is 1. The van der Waals surface area contributed by atoms with Gasteiger partial charge in [-0.05, 0) is 55.7 Å². The van der Waals surface area contributed by atoms with E-state index in [1.807, 2.05) is 51.2 Å². The van der Waals surface area contributed by atoms with Gasteiger partial charge in [-0.3, -0.25) is 0 Å². The molecule has 0 unspecified atom stereocenters. The molecule has 4 aromatic rings. The van der Waals surface area contributed by atoms with Crippen LogP contribution in [0.2, 0.25) is 0 Å². The number of hydrogen-bond donors (Lipinski definition) is 1. The molecule has 4 heteroatoms. The van der Waals surface area contributed by atoms with Crippen LogP contribution in [0.5, 0.6) is 0 Å². The molecule has 1 N–H and O–H groups in total. The first-order chi connectivity index (χ1) is 15.8. The molecular formula is C29H36N2O2. The zero-order valence-corrected chi connectivity index (χ0v) is 20.8. The van der Waals surface area contributed by atoms with E-state index in [2.05, 4.69) is 50.4 Å². The summed E-state index contributed by atoms with van der Waals surface area (Å²) < 4.78 is 5.88.